The first-order chi connectivity index (χ1) is 17.7. The Morgan fingerprint density at radius 3 is 2.54 bits per heavy atom. The molecule has 3 aromatic carbocycles. The number of rotatable bonds is 7. The Kier molecular flexibility index (Phi) is 6.47. The Morgan fingerprint density at radius 1 is 1.00 bits per heavy atom. The van der Waals surface area contributed by atoms with Gasteiger partial charge in [0.15, 0.2) is 9.84 Å². The summed E-state index contributed by atoms with van der Waals surface area (Å²) in [7, 11) is -1.50. The highest BCUT2D eigenvalue weighted by Gasteiger charge is 2.22. The molecular formula is C28H25F2N3O3S. The number of sulfone groups is 1. The summed E-state index contributed by atoms with van der Waals surface area (Å²) in [5, 5.41) is 3.15. The average molecular weight is 522 g/mol. The lowest BCUT2D eigenvalue weighted by Gasteiger charge is -2.25. The Balaban J connectivity index is 1.47. The predicted octanol–water partition coefficient (Wildman–Crippen LogP) is 5.94. The van der Waals surface area contributed by atoms with E-state index >= 15 is 0 Å². The highest BCUT2D eigenvalue weighted by Crippen LogP contribution is 2.39. The molecule has 2 N–H and O–H groups in total. The summed E-state index contributed by atoms with van der Waals surface area (Å²) in [6.07, 6.45) is 5.01. The number of aromatic amines is 1. The molecular weight excluding hydrogens is 496 g/mol. The van der Waals surface area contributed by atoms with Crippen molar-refractivity contribution in [3.05, 3.63) is 113 Å². The van der Waals surface area contributed by atoms with Gasteiger partial charge >= 0.3 is 0 Å². The van der Waals surface area contributed by atoms with Gasteiger partial charge in [-0.05, 0) is 54.1 Å². The van der Waals surface area contributed by atoms with Gasteiger partial charge in [0.25, 0.3) is 0 Å². The van der Waals surface area contributed by atoms with Crippen LogP contribution in [0.5, 0.6) is 11.5 Å². The van der Waals surface area contributed by atoms with Gasteiger partial charge in [0.05, 0.1) is 11.4 Å². The molecule has 0 saturated heterocycles. The van der Waals surface area contributed by atoms with Crippen LogP contribution in [0.1, 0.15) is 22.4 Å². The molecule has 0 aliphatic carbocycles. The van der Waals surface area contributed by atoms with Gasteiger partial charge in [0.2, 0.25) is 0 Å². The van der Waals surface area contributed by atoms with Gasteiger partial charge in [0, 0.05) is 72.5 Å². The largest absolute Gasteiger partial charge is 0.457 e. The maximum absolute atomic E-state index is 13.5. The molecule has 5 rings (SSSR count). The first-order valence-electron chi connectivity index (χ1n) is 11.6. The first kappa shape index (κ1) is 24.6. The van der Waals surface area contributed by atoms with E-state index < -0.39 is 21.5 Å². The van der Waals surface area contributed by atoms with Crippen molar-refractivity contribution in [3.63, 3.8) is 0 Å². The summed E-state index contributed by atoms with van der Waals surface area (Å²) in [5.41, 5.74) is 4.65. The van der Waals surface area contributed by atoms with Crippen LogP contribution < -0.4 is 10.1 Å². The lowest BCUT2D eigenvalue weighted by molar-refractivity contribution is 0.439. The van der Waals surface area contributed by atoms with Gasteiger partial charge in [-0.15, -0.1) is 0 Å². The van der Waals surface area contributed by atoms with Gasteiger partial charge in [-0.25, -0.2) is 17.2 Å². The molecule has 190 valence electrons. The average Bonchev–Trinajstić information content (AvgIpc) is 3.30. The van der Waals surface area contributed by atoms with Crippen LogP contribution in [0.2, 0.25) is 0 Å². The number of H-pyrrole nitrogens is 1. The molecule has 1 aliphatic heterocycles. The molecule has 4 aromatic rings. The second kappa shape index (κ2) is 9.74. The van der Waals surface area contributed by atoms with Crippen LogP contribution in [0.25, 0.3) is 5.57 Å². The normalized spacial score (nSPS) is 13.2. The van der Waals surface area contributed by atoms with Crippen LogP contribution in [-0.4, -0.2) is 31.6 Å². The maximum Gasteiger partial charge on any atom is 0.175 e. The van der Waals surface area contributed by atoms with Gasteiger partial charge in [-0.3, -0.25) is 0 Å². The number of hydrogen-bond donors (Lipinski definition) is 2. The Morgan fingerprint density at radius 2 is 1.78 bits per heavy atom. The summed E-state index contributed by atoms with van der Waals surface area (Å²) in [4.78, 5) is 5.46. The highest BCUT2D eigenvalue weighted by atomic mass is 32.2. The number of benzene rings is 3. The van der Waals surface area contributed by atoms with E-state index in [4.69, 9.17) is 4.74 Å². The monoisotopic (exact) mass is 521 g/mol. The van der Waals surface area contributed by atoms with E-state index in [-0.39, 0.29) is 11.4 Å². The minimum atomic E-state index is -3.45. The zero-order chi connectivity index (χ0) is 26.2. The quantitative estimate of drug-likeness (QED) is 0.315. The van der Waals surface area contributed by atoms with Crippen molar-refractivity contribution in [2.24, 2.45) is 0 Å². The molecule has 0 spiro atoms. The van der Waals surface area contributed by atoms with Crippen molar-refractivity contribution in [1.82, 2.24) is 9.88 Å². The minimum Gasteiger partial charge on any atom is -0.457 e. The Labute approximate surface area is 214 Å². The Hall–Kier alpha value is -4.11. The molecule has 1 aliphatic rings. The second-order valence-corrected chi connectivity index (χ2v) is 11.0. The van der Waals surface area contributed by atoms with Crippen molar-refractivity contribution in [2.75, 3.05) is 18.6 Å². The van der Waals surface area contributed by atoms with Crippen LogP contribution in [0.15, 0.2) is 84.0 Å². The summed E-state index contributed by atoms with van der Waals surface area (Å²) in [6, 6.07) is 17.3. The third-order valence-electron chi connectivity index (χ3n) is 6.03. The van der Waals surface area contributed by atoms with Crippen molar-refractivity contribution in [2.45, 2.75) is 18.0 Å². The third-order valence-corrected chi connectivity index (χ3v) is 7.14. The fraction of sp³-hybridized carbons (Fsp3) is 0.143. The highest BCUT2D eigenvalue weighted by molar-refractivity contribution is 7.90. The zero-order valence-corrected chi connectivity index (χ0v) is 21.1. The molecule has 9 heteroatoms. The predicted molar refractivity (Wildman–Crippen MR) is 139 cm³/mol. The molecule has 0 amide bonds. The van der Waals surface area contributed by atoms with E-state index in [1.807, 2.05) is 36.5 Å². The Bertz CT molecular complexity index is 1590. The first-order valence-corrected chi connectivity index (χ1v) is 13.4. The number of aromatic nitrogens is 1. The molecule has 6 nitrogen and oxygen atoms in total. The summed E-state index contributed by atoms with van der Waals surface area (Å²) >= 11 is 0. The lowest BCUT2D eigenvalue weighted by Crippen LogP contribution is -2.17. The van der Waals surface area contributed by atoms with Gasteiger partial charge < -0.3 is 19.9 Å². The van der Waals surface area contributed by atoms with Crippen LogP contribution in [0.4, 0.5) is 14.5 Å². The van der Waals surface area contributed by atoms with Gasteiger partial charge in [0.1, 0.15) is 23.1 Å². The summed E-state index contributed by atoms with van der Waals surface area (Å²) < 4.78 is 58.0. The fourth-order valence-corrected chi connectivity index (χ4v) is 4.99. The molecule has 0 fully saturated rings. The van der Waals surface area contributed by atoms with Crippen LogP contribution in [-0.2, 0) is 22.9 Å². The van der Waals surface area contributed by atoms with E-state index in [0.29, 0.717) is 34.9 Å². The van der Waals surface area contributed by atoms with Crippen LogP contribution in [0.3, 0.4) is 0 Å². The minimum absolute atomic E-state index is 0.193. The number of ether oxygens (including phenoxy) is 1. The number of fused-ring (bicyclic) bond motifs is 1. The molecule has 0 atom stereocenters. The number of hydrogen-bond acceptors (Lipinski definition) is 5. The van der Waals surface area contributed by atoms with Crippen molar-refractivity contribution in [3.8, 4) is 11.5 Å². The number of nitrogens with one attached hydrogen (secondary N) is 2. The second-order valence-electron chi connectivity index (χ2n) is 9.02. The van der Waals surface area contributed by atoms with Crippen LogP contribution >= 0.6 is 0 Å². The van der Waals surface area contributed by atoms with E-state index in [1.54, 1.807) is 30.3 Å². The SMILES string of the molecule is CN1C=C(c2cc(S(C)(=O)=O)ccc2Oc2cccc(NCc3cc(F)cc(F)c3)c2)c2cc[nH]c2C1. The molecule has 37 heavy (non-hydrogen) atoms. The van der Waals surface area contributed by atoms with E-state index in [9.17, 15) is 17.2 Å². The smallest absolute Gasteiger partial charge is 0.175 e. The van der Waals surface area contributed by atoms with Crippen LogP contribution in [0, 0.1) is 11.6 Å². The van der Waals surface area contributed by atoms with Crippen molar-refractivity contribution >= 4 is 21.1 Å². The van der Waals surface area contributed by atoms with E-state index in [1.165, 1.54) is 24.5 Å². The molecule has 0 bridgehead atoms. The maximum atomic E-state index is 13.5. The summed E-state index contributed by atoms with van der Waals surface area (Å²) in [6.45, 7) is 0.929. The molecule has 0 saturated carbocycles. The standard InChI is InChI=1S/C28H25F2N3O3S/c1-33-16-26(24-8-9-31-27(24)17-33)25-14-23(37(2,34)35)6-7-28(25)36-22-5-3-4-21(13-22)32-15-18-10-19(29)12-20(30)11-18/h3-14,16,31-32H,15,17H2,1-2H3. The topological polar surface area (TPSA) is 74.4 Å². The zero-order valence-electron chi connectivity index (χ0n) is 20.3. The number of nitrogens with zero attached hydrogens (tertiary/aromatic N) is 1. The molecule has 1 aromatic heterocycles. The summed E-state index contributed by atoms with van der Waals surface area (Å²) in [5.74, 6) is -0.257. The lowest BCUT2D eigenvalue weighted by atomic mass is 9.95. The fourth-order valence-electron chi connectivity index (χ4n) is 4.34. The molecule has 0 radical (unpaired) electrons. The van der Waals surface area contributed by atoms with Gasteiger partial charge in [-0.2, -0.15) is 0 Å². The van der Waals surface area contributed by atoms with E-state index in [2.05, 4.69) is 10.3 Å². The molecule has 0 unspecified atom stereocenters. The van der Waals surface area contributed by atoms with Crippen molar-refractivity contribution in [1.29, 1.82) is 0 Å². The van der Waals surface area contributed by atoms with Crippen molar-refractivity contribution < 1.29 is 21.9 Å². The van der Waals surface area contributed by atoms with E-state index in [0.717, 1.165) is 22.9 Å². The molecule has 2 heterocycles. The third kappa shape index (κ3) is 5.51. The number of halogens is 2. The van der Waals surface area contributed by atoms with Gasteiger partial charge in [-0.1, -0.05) is 6.07 Å². The number of anilines is 1.